The summed E-state index contributed by atoms with van der Waals surface area (Å²) in [6.07, 6.45) is 1.93. The Morgan fingerprint density at radius 3 is 2.61 bits per heavy atom. The molecule has 1 N–H and O–H groups in total. The average molecular weight is 317 g/mol. The molecule has 0 spiro atoms. The topological polar surface area (TPSA) is 52.7 Å². The molecule has 5 nitrogen and oxygen atoms in total. The minimum atomic E-state index is -0.520. The fourth-order valence-corrected chi connectivity index (χ4v) is 3.06. The molecule has 0 aromatic heterocycles. The highest BCUT2D eigenvalue weighted by Crippen LogP contribution is 2.35. The SMILES string of the molecule is CCCCN1CC2=C(C1=O)C(c1ccc(F)cc1)NC(=O)N2C. The average Bonchev–Trinajstić information content (AvgIpc) is 2.87. The van der Waals surface area contributed by atoms with Crippen LogP contribution in [-0.2, 0) is 4.79 Å². The number of amides is 3. The summed E-state index contributed by atoms with van der Waals surface area (Å²) in [6.45, 7) is 3.21. The Balaban J connectivity index is 1.96. The molecule has 0 bridgehead atoms. The van der Waals surface area contributed by atoms with Crippen LogP contribution in [-0.4, -0.2) is 41.9 Å². The molecule has 1 atom stereocenters. The van der Waals surface area contributed by atoms with E-state index in [0.717, 1.165) is 18.5 Å². The number of unbranched alkanes of at least 4 members (excludes halogenated alkanes) is 1. The van der Waals surface area contributed by atoms with E-state index in [4.69, 9.17) is 0 Å². The summed E-state index contributed by atoms with van der Waals surface area (Å²) >= 11 is 0. The first-order chi connectivity index (χ1) is 11.0. The molecule has 3 amide bonds. The van der Waals surface area contributed by atoms with E-state index in [0.29, 0.717) is 24.2 Å². The van der Waals surface area contributed by atoms with Crippen LogP contribution in [0.25, 0.3) is 0 Å². The third-order valence-electron chi connectivity index (χ3n) is 4.42. The van der Waals surface area contributed by atoms with Crippen LogP contribution in [0.15, 0.2) is 35.5 Å². The molecule has 0 saturated heterocycles. The number of benzene rings is 1. The number of hydrogen-bond donors (Lipinski definition) is 1. The van der Waals surface area contributed by atoms with Crippen molar-refractivity contribution in [3.63, 3.8) is 0 Å². The van der Waals surface area contributed by atoms with Crippen LogP contribution >= 0.6 is 0 Å². The molecule has 2 aliphatic heterocycles. The van der Waals surface area contributed by atoms with E-state index >= 15 is 0 Å². The molecule has 0 saturated carbocycles. The third-order valence-corrected chi connectivity index (χ3v) is 4.42. The highest BCUT2D eigenvalue weighted by molar-refractivity contribution is 6.01. The zero-order valence-electron chi connectivity index (χ0n) is 13.3. The minimum Gasteiger partial charge on any atom is -0.333 e. The zero-order chi connectivity index (χ0) is 16.6. The van der Waals surface area contributed by atoms with E-state index in [1.165, 1.54) is 17.0 Å². The molecule has 3 rings (SSSR count). The number of carbonyl (C=O) groups is 2. The summed E-state index contributed by atoms with van der Waals surface area (Å²) in [7, 11) is 1.67. The summed E-state index contributed by atoms with van der Waals surface area (Å²) < 4.78 is 13.2. The molecule has 122 valence electrons. The van der Waals surface area contributed by atoms with Gasteiger partial charge in [0.05, 0.1) is 23.9 Å². The summed E-state index contributed by atoms with van der Waals surface area (Å²) in [5, 5.41) is 2.84. The number of nitrogens with one attached hydrogen (secondary N) is 1. The van der Waals surface area contributed by atoms with E-state index in [-0.39, 0.29) is 17.8 Å². The van der Waals surface area contributed by atoms with E-state index < -0.39 is 6.04 Å². The molecule has 0 fully saturated rings. The number of likely N-dealkylation sites (N-methyl/N-ethyl adjacent to an activating group) is 1. The molecule has 2 heterocycles. The van der Waals surface area contributed by atoms with Gasteiger partial charge in [-0.15, -0.1) is 0 Å². The van der Waals surface area contributed by atoms with E-state index in [2.05, 4.69) is 12.2 Å². The Morgan fingerprint density at radius 1 is 1.26 bits per heavy atom. The Kier molecular flexibility index (Phi) is 4.07. The van der Waals surface area contributed by atoms with Crippen LogP contribution in [0.2, 0.25) is 0 Å². The lowest BCUT2D eigenvalue weighted by Crippen LogP contribution is -2.45. The first kappa shape index (κ1) is 15.5. The van der Waals surface area contributed by atoms with Crippen LogP contribution in [0.3, 0.4) is 0 Å². The van der Waals surface area contributed by atoms with Crippen LogP contribution in [0, 0.1) is 5.82 Å². The van der Waals surface area contributed by atoms with Gasteiger partial charge in [0, 0.05) is 13.6 Å². The van der Waals surface area contributed by atoms with Gasteiger partial charge in [-0.3, -0.25) is 9.69 Å². The van der Waals surface area contributed by atoms with Gasteiger partial charge in [0.1, 0.15) is 5.82 Å². The van der Waals surface area contributed by atoms with E-state index in [1.54, 1.807) is 24.1 Å². The monoisotopic (exact) mass is 317 g/mol. The van der Waals surface area contributed by atoms with Crippen molar-refractivity contribution in [2.24, 2.45) is 0 Å². The molecule has 1 aromatic carbocycles. The molecule has 2 aliphatic rings. The molecule has 1 aromatic rings. The number of carbonyl (C=O) groups excluding carboxylic acids is 2. The fourth-order valence-electron chi connectivity index (χ4n) is 3.06. The summed E-state index contributed by atoms with van der Waals surface area (Å²) in [6, 6.07) is 5.13. The molecule has 0 aliphatic carbocycles. The second kappa shape index (κ2) is 6.02. The van der Waals surface area contributed by atoms with Crippen molar-refractivity contribution >= 4 is 11.9 Å². The van der Waals surface area contributed by atoms with E-state index in [1.807, 2.05) is 0 Å². The Morgan fingerprint density at radius 2 is 1.96 bits per heavy atom. The molecule has 0 radical (unpaired) electrons. The van der Waals surface area contributed by atoms with Gasteiger partial charge >= 0.3 is 6.03 Å². The molecular formula is C17H20FN3O2. The number of urea groups is 1. The lowest BCUT2D eigenvalue weighted by molar-refractivity contribution is -0.125. The lowest BCUT2D eigenvalue weighted by atomic mass is 9.96. The fraction of sp³-hybridized carbons (Fsp3) is 0.412. The quantitative estimate of drug-likeness (QED) is 0.927. The number of hydrogen-bond acceptors (Lipinski definition) is 2. The first-order valence-electron chi connectivity index (χ1n) is 7.85. The van der Waals surface area contributed by atoms with Gasteiger partial charge in [-0.2, -0.15) is 0 Å². The van der Waals surface area contributed by atoms with Gasteiger partial charge in [0.2, 0.25) is 0 Å². The largest absolute Gasteiger partial charge is 0.333 e. The zero-order valence-corrected chi connectivity index (χ0v) is 13.3. The van der Waals surface area contributed by atoms with Crippen molar-refractivity contribution in [1.82, 2.24) is 15.1 Å². The van der Waals surface area contributed by atoms with Crippen LogP contribution < -0.4 is 5.32 Å². The van der Waals surface area contributed by atoms with Crippen LogP contribution in [0.1, 0.15) is 31.4 Å². The second-order valence-corrected chi connectivity index (χ2v) is 5.93. The van der Waals surface area contributed by atoms with Crippen LogP contribution in [0.4, 0.5) is 9.18 Å². The predicted molar refractivity (Wildman–Crippen MR) is 83.9 cm³/mol. The summed E-state index contributed by atoms with van der Waals surface area (Å²) in [5.41, 5.74) is 2.05. The van der Waals surface area contributed by atoms with Gasteiger partial charge in [0.15, 0.2) is 0 Å². The van der Waals surface area contributed by atoms with Gasteiger partial charge in [-0.25, -0.2) is 9.18 Å². The van der Waals surface area contributed by atoms with Gasteiger partial charge in [-0.1, -0.05) is 25.5 Å². The minimum absolute atomic E-state index is 0.0466. The van der Waals surface area contributed by atoms with Crippen molar-refractivity contribution < 1.29 is 14.0 Å². The van der Waals surface area contributed by atoms with Gasteiger partial charge in [-0.05, 0) is 24.1 Å². The highest BCUT2D eigenvalue weighted by atomic mass is 19.1. The van der Waals surface area contributed by atoms with E-state index in [9.17, 15) is 14.0 Å². The number of halogens is 1. The maximum Gasteiger partial charge on any atom is 0.322 e. The van der Waals surface area contributed by atoms with Gasteiger partial charge < -0.3 is 10.2 Å². The van der Waals surface area contributed by atoms with Crippen molar-refractivity contribution in [2.75, 3.05) is 20.1 Å². The van der Waals surface area contributed by atoms with Crippen molar-refractivity contribution in [3.8, 4) is 0 Å². The first-order valence-corrected chi connectivity index (χ1v) is 7.85. The third kappa shape index (κ3) is 2.69. The number of nitrogens with zero attached hydrogens (tertiary/aromatic N) is 2. The standard InChI is InChI=1S/C17H20FN3O2/c1-3-4-9-21-10-13-14(16(21)22)15(19-17(23)20(13)2)11-5-7-12(18)8-6-11/h5-8,15H,3-4,9-10H2,1-2H3,(H,19,23). The molecule has 6 heteroatoms. The smallest absolute Gasteiger partial charge is 0.322 e. The molecule has 1 unspecified atom stereocenters. The Hall–Kier alpha value is -2.37. The Bertz CT molecular complexity index is 669. The van der Waals surface area contributed by atoms with Crippen molar-refractivity contribution in [1.29, 1.82) is 0 Å². The predicted octanol–water partition coefficient (Wildman–Crippen LogP) is 2.42. The lowest BCUT2D eigenvalue weighted by Gasteiger charge is -2.31. The maximum absolute atomic E-state index is 13.2. The van der Waals surface area contributed by atoms with Gasteiger partial charge in [0.25, 0.3) is 5.91 Å². The van der Waals surface area contributed by atoms with Crippen molar-refractivity contribution in [2.45, 2.75) is 25.8 Å². The van der Waals surface area contributed by atoms with Crippen LogP contribution in [0.5, 0.6) is 0 Å². The summed E-state index contributed by atoms with van der Waals surface area (Å²) in [5.74, 6) is -0.390. The molecule has 23 heavy (non-hydrogen) atoms. The highest BCUT2D eigenvalue weighted by Gasteiger charge is 2.42. The second-order valence-electron chi connectivity index (χ2n) is 5.93. The normalized spacial score (nSPS) is 20.9. The maximum atomic E-state index is 13.2. The number of rotatable bonds is 4. The summed E-state index contributed by atoms with van der Waals surface area (Å²) in [4.78, 5) is 28.2. The van der Waals surface area contributed by atoms with Crippen molar-refractivity contribution in [3.05, 3.63) is 46.9 Å². The Labute approximate surface area is 134 Å². The molecular weight excluding hydrogens is 297 g/mol.